The molecule has 2 aromatic carbocycles. The molecule has 2 saturated heterocycles. The highest BCUT2D eigenvalue weighted by Crippen LogP contribution is 2.21. The third-order valence-corrected chi connectivity index (χ3v) is 6.09. The number of ether oxygens (including phenoxy) is 2. The number of methoxy groups -OCH3 is 1. The predicted octanol–water partition coefficient (Wildman–Crippen LogP) is 3.80. The molecule has 2 aromatic rings. The van der Waals surface area contributed by atoms with Gasteiger partial charge in [-0.3, -0.25) is 4.99 Å². The molecule has 212 valence electrons. The van der Waals surface area contributed by atoms with Crippen LogP contribution in [0.5, 0.6) is 5.75 Å². The van der Waals surface area contributed by atoms with Gasteiger partial charge >= 0.3 is 18.1 Å². The van der Waals surface area contributed by atoms with Crippen molar-refractivity contribution in [1.29, 1.82) is 0 Å². The number of aromatic carboxylic acids is 1. The summed E-state index contributed by atoms with van der Waals surface area (Å²) >= 11 is 0. The molecule has 13 heteroatoms. The first-order valence-electron chi connectivity index (χ1n) is 12.3. The fourth-order valence-corrected chi connectivity index (χ4v) is 4.02. The zero-order valence-electron chi connectivity index (χ0n) is 21.4. The van der Waals surface area contributed by atoms with Crippen LogP contribution in [0.3, 0.4) is 0 Å². The summed E-state index contributed by atoms with van der Waals surface area (Å²) in [6.45, 7) is 4.73. The second-order valence-corrected chi connectivity index (χ2v) is 8.79. The van der Waals surface area contributed by atoms with Gasteiger partial charge in [-0.25, -0.2) is 9.59 Å². The number of nitrogens with zero attached hydrogens (tertiary/aromatic N) is 3. The molecule has 4 rings (SSSR count). The average Bonchev–Trinajstić information content (AvgIpc) is 3.45. The van der Waals surface area contributed by atoms with Crippen molar-refractivity contribution in [3.8, 4) is 5.75 Å². The second-order valence-electron chi connectivity index (χ2n) is 8.79. The molecule has 2 aliphatic heterocycles. The van der Waals surface area contributed by atoms with Crippen molar-refractivity contribution >= 4 is 29.3 Å². The molecule has 0 amide bonds. The lowest BCUT2D eigenvalue weighted by Crippen LogP contribution is -2.51. The van der Waals surface area contributed by atoms with Crippen molar-refractivity contribution in [3.05, 3.63) is 54.1 Å². The quantitative estimate of drug-likeness (QED) is 0.363. The van der Waals surface area contributed by atoms with Crippen LogP contribution in [0, 0.1) is 0 Å². The summed E-state index contributed by atoms with van der Waals surface area (Å²) in [6, 6.07) is 14.9. The van der Waals surface area contributed by atoms with Crippen molar-refractivity contribution in [3.63, 3.8) is 0 Å². The molecular weight excluding hydrogens is 521 g/mol. The number of hydrogen-bond acceptors (Lipinski definition) is 6. The Hall–Kier alpha value is -4.00. The van der Waals surface area contributed by atoms with E-state index in [1.807, 2.05) is 18.2 Å². The van der Waals surface area contributed by atoms with Crippen LogP contribution in [-0.2, 0) is 9.53 Å². The van der Waals surface area contributed by atoms with Gasteiger partial charge in [0, 0.05) is 44.2 Å². The number of carbonyl (C=O) groups is 2. The summed E-state index contributed by atoms with van der Waals surface area (Å²) in [7, 11) is 1.67. The number of hydrogen-bond donors (Lipinski definition) is 3. The lowest BCUT2D eigenvalue weighted by Gasteiger charge is -2.38. The first-order chi connectivity index (χ1) is 18.6. The Morgan fingerprint density at radius 1 is 1.10 bits per heavy atom. The van der Waals surface area contributed by atoms with Crippen LogP contribution < -0.4 is 15.0 Å². The number of aliphatic carboxylic acids is 1. The number of carboxylic acid groups (broad SMARTS) is 2. The Labute approximate surface area is 223 Å². The van der Waals surface area contributed by atoms with E-state index in [4.69, 9.17) is 24.4 Å². The standard InChI is InChI=1S/C24H30N4O4.C2HF3O2/c1-31-21-9-7-20(8-10-21)27-11-13-28(14-12-27)24(25-17-22-6-3-15-32-22)26-19-5-2-4-18(16-19)23(29)30;3-2(4,5)1(6)7/h2,4-5,7-10,16,22H,3,6,11-15,17H2,1H3,(H,25,26)(H,29,30);(H,6,7). The highest BCUT2D eigenvalue weighted by Gasteiger charge is 2.38. The molecule has 10 nitrogen and oxygen atoms in total. The zero-order valence-corrected chi connectivity index (χ0v) is 21.4. The zero-order chi connectivity index (χ0) is 28.4. The molecule has 0 spiro atoms. The Balaban J connectivity index is 0.000000532. The van der Waals surface area contributed by atoms with Crippen LogP contribution in [0.25, 0.3) is 0 Å². The van der Waals surface area contributed by atoms with Gasteiger partial charge in [0.1, 0.15) is 5.75 Å². The molecule has 3 N–H and O–H groups in total. The van der Waals surface area contributed by atoms with Gasteiger partial charge in [0.05, 0.1) is 25.3 Å². The summed E-state index contributed by atoms with van der Waals surface area (Å²) in [5.74, 6) is -2.09. The SMILES string of the molecule is COc1ccc(N2CCN(C(=NCC3CCCO3)Nc3cccc(C(=O)O)c3)CC2)cc1.O=C(O)C(F)(F)F. The van der Waals surface area contributed by atoms with Gasteiger partial charge in [0.25, 0.3) is 0 Å². The van der Waals surface area contributed by atoms with Crippen LogP contribution >= 0.6 is 0 Å². The van der Waals surface area contributed by atoms with Crippen molar-refractivity contribution in [2.75, 3.05) is 56.7 Å². The molecule has 0 aromatic heterocycles. The van der Waals surface area contributed by atoms with Crippen LogP contribution in [-0.4, -0.2) is 91.7 Å². The molecule has 2 fully saturated rings. The van der Waals surface area contributed by atoms with Gasteiger partial charge < -0.3 is 34.8 Å². The van der Waals surface area contributed by atoms with Crippen LogP contribution in [0.15, 0.2) is 53.5 Å². The van der Waals surface area contributed by atoms with Gasteiger partial charge in [-0.2, -0.15) is 13.2 Å². The number of alkyl halides is 3. The van der Waals surface area contributed by atoms with Crippen molar-refractivity contribution in [2.24, 2.45) is 4.99 Å². The predicted molar refractivity (Wildman–Crippen MR) is 139 cm³/mol. The smallest absolute Gasteiger partial charge is 0.490 e. The lowest BCUT2D eigenvalue weighted by molar-refractivity contribution is -0.192. The Morgan fingerprint density at radius 3 is 2.31 bits per heavy atom. The molecular formula is C26H31F3N4O6. The van der Waals surface area contributed by atoms with Gasteiger partial charge in [0.15, 0.2) is 5.96 Å². The number of aliphatic imine (C=N–C) groups is 1. The number of halogens is 3. The largest absolute Gasteiger partial charge is 0.497 e. The van der Waals surface area contributed by atoms with E-state index >= 15 is 0 Å². The van der Waals surface area contributed by atoms with Crippen molar-refractivity contribution in [1.82, 2.24) is 4.90 Å². The van der Waals surface area contributed by atoms with E-state index in [0.29, 0.717) is 12.2 Å². The van der Waals surface area contributed by atoms with Crippen LogP contribution in [0.2, 0.25) is 0 Å². The molecule has 1 unspecified atom stereocenters. The van der Waals surface area contributed by atoms with Crippen LogP contribution in [0.1, 0.15) is 23.2 Å². The third-order valence-electron chi connectivity index (χ3n) is 6.09. The number of benzene rings is 2. The summed E-state index contributed by atoms with van der Waals surface area (Å²) in [6.07, 6.45) is -2.83. The maximum absolute atomic E-state index is 11.4. The number of piperazine rings is 1. The average molecular weight is 553 g/mol. The van der Waals surface area contributed by atoms with Gasteiger partial charge in [-0.1, -0.05) is 6.07 Å². The minimum atomic E-state index is -5.08. The van der Waals surface area contributed by atoms with Crippen LogP contribution in [0.4, 0.5) is 24.5 Å². The number of guanidine groups is 1. The van der Waals surface area contributed by atoms with Gasteiger partial charge in [0.2, 0.25) is 0 Å². The normalized spacial score (nSPS) is 17.7. The van der Waals surface area contributed by atoms with E-state index in [1.54, 1.807) is 25.3 Å². The van der Waals surface area contributed by atoms with Gasteiger partial charge in [-0.05, 0) is 55.3 Å². The summed E-state index contributed by atoms with van der Waals surface area (Å²) in [5, 5.41) is 19.8. The lowest BCUT2D eigenvalue weighted by atomic mass is 10.2. The first kappa shape index (κ1) is 29.6. The second kappa shape index (κ2) is 13.7. The Bertz CT molecular complexity index is 1130. The number of rotatable bonds is 6. The number of anilines is 2. The van der Waals surface area contributed by atoms with Crippen molar-refractivity contribution < 1.29 is 42.4 Å². The third kappa shape index (κ3) is 9.06. The highest BCUT2D eigenvalue weighted by molar-refractivity contribution is 5.96. The molecule has 2 aliphatic rings. The van der Waals surface area contributed by atoms with E-state index in [2.05, 4.69) is 27.2 Å². The number of carboxylic acids is 2. The topological polar surface area (TPSA) is 124 Å². The van der Waals surface area contributed by atoms with E-state index in [1.165, 1.54) is 5.69 Å². The molecule has 0 radical (unpaired) electrons. The first-order valence-corrected chi connectivity index (χ1v) is 12.3. The molecule has 0 aliphatic carbocycles. The van der Waals surface area contributed by atoms with E-state index in [0.717, 1.165) is 57.3 Å². The van der Waals surface area contributed by atoms with Gasteiger partial charge in [-0.15, -0.1) is 0 Å². The van der Waals surface area contributed by atoms with E-state index in [9.17, 15) is 23.1 Å². The van der Waals surface area contributed by atoms with E-state index < -0.39 is 18.1 Å². The molecule has 0 saturated carbocycles. The van der Waals surface area contributed by atoms with Crippen molar-refractivity contribution in [2.45, 2.75) is 25.1 Å². The molecule has 39 heavy (non-hydrogen) atoms. The summed E-state index contributed by atoms with van der Waals surface area (Å²) in [5.41, 5.74) is 2.14. The monoisotopic (exact) mass is 552 g/mol. The molecule has 2 heterocycles. The molecule has 1 atom stereocenters. The minimum absolute atomic E-state index is 0.151. The fourth-order valence-electron chi connectivity index (χ4n) is 4.02. The summed E-state index contributed by atoms with van der Waals surface area (Å²) < 4.78 is 42.7. The maximum atomic E-state index is 11.4. The number of nitrogens with one attached hydrogen (secondary N) is 1. The van der Waals surface area contributed by atoms with E-state index in [-0.39, 0.29) is 11.7 Å². The summed E-state index contributed by atoms with van der Waals surface area (Å²) in [4.78, 5) is 29.7. The maximum Gasteiger partial charge on any atom is 0.490 e. The minimum Gasteiger partial charge on any atom is -0.497 e. The Kier molecular flexibility index (Phi) is 10.4. The highest BCUT2D eigenvalue weighted by atomic mass is 19.4. The molecule has 0 bridgehead atoms. The Morgan fingerprint density at radius 2 is 1.77 bits per heavy atom. The fraction of sp³-hybridized carbons (Fsp3) is 0.423.